The highest BCUT2D eigenvalue weighted by Gasteiger charge is 2.09. The van der Waals surface area contributed by atoms with Crippen LogP contribution in [-0.2, 0) is 16.1 Å². The largest absolute Gasteiger partial charge is 0.493 e. The average Bonchev–Trinajstić information content (AvgIpc) is 2.75. The van der Waals surface area contributed by atoms with Gasteiger partial charge in [-0.05, 0) is 42.5 Å². The van der Waals surface area contributed by atoms with E-state index in [-0.39, 0.29) is 11.8 Å². The standard InChI is InChI=1S/C25H28N2O3/c1-3-27(19(2)28)18-20-9-6-12-22(17-20)26-25(29)15-8-16-30-24-14-7-11-21-10-4-5-13-23(21)24/h4-7,9-14,17H,3,8,15-16,18H2,1-2H3,(H,26,29). The highest BCUT2D eigenvalue weighted by molar-refractivity contribution is 5.91. The van der Waals surface area contributed by atoms with Crippen LogP contribution in [0.5, 0.6) is 5.75 Å². The van der Waals surface area contributed by atoms with Crippen LogP contribution in [-0.4, -0.2) is 29.9 Å². The summed E-state index contributed by atoms with van der Waals surface area (Å²) in [5.74, 6) is 0.831. The molecule has 3 aromatic rings. The number of hydrogen-bond donors (Lipinski definition) is 1. The number of anilines is 1. The van der Waals surface area contributed by atoms with Gasteiger partial charge in [-0.25, -0.2) is 0 Å². The lowest BCUT2D eigenvalue weighted by Crippen LogP contribution is -2.27. The van der Waals surface area contributed by atoms with Crippen molar-refractivity contribution in [3.8, 4) is 5.75 Å². The van der Waals surface area contributed by atoms with Gasteiger partial charge in [-0.15, -0.1) is 0 Å². The fourth-order valence-corrected chi connectivity index (χ4v) is 3.37. The zero-order chi connectivity index (χ0) is 21.3. The van der Waals surface area contributed by atoms with E-state index in [0.717, 1.165) is 27.8 Å². The van der Waals surface area contributed by atoms with Gasteiger partial charge in [0, 0.05) is 37.5 Å². The van der Waals surface area contributed by atoms with Crippen molar-refractivity contribution in [1.82, 2.24) is 4.90 Å². The normalized spacial score (nSPS) is 10.6. The van der Waals surface area contributed by atoms with Crippen LogP contribution in [0.3, 0.4) is 0 Å². The maximum atomic E-state index is 12.3. The van der Waals surface area contributed by atoms with Gasteiger partial charge in [0.2, 0.25) is 11.8 Å². The number of hydrogen-bond acceptors (Lipinski definition) is 3. The molecule has 0 unspecified atom stereocenters. The molecule has 3 aromatic carbocycles. The van der Waals surface area contributed by atoms with Crippen molar-refractivity contribution in [3.05, 3.63) is 72.3 Å². The molecule has 0 aliphatic carbocycles. The molecule has 5 heteroatoms. The predicted octanol–water partition coefficient (Wildman–Crippen LogP) is 5.01. The van der Waals surface area contributed by atoms with Gasteiger partial charge in [0.25, 0.3) is 0 Å². The van der Waals surface area contributed by atoms with Gasteiger partial charge >= 0.3 is 0 Å². The first-order chi connectivity index (χ1) is 14.6. The van der Waals surface area contributed by atoms with Crippen LogP contribution in [0.15, 0.2) is 66.7 Å². The fourth-order valence-electron chi connectivity index (χ4n) is 3.37. The molecule has 2 amide bonds. The Morgan fingerprint density at radius 2 is 1.77 bits per heavy atom. The van der Waals surface area contributed by atoms with Crippen molar-refractivity contribution in [2.45, 2.75) is 33.2 Å². The molecule has 0 fully saturated rings. The molecule has 1 N–H and O–H groups in total. The molecule has 3 rings (SSSR count). The summed E-state index contributed by atoms with van der Waals surface area (Å²) in [6, 6.07) is 21.7. The number of amides is 2. The number of nitrogens with one attached hydrogen (secondary N) is 1. The fraction of sp³-hybridized carbons (Fsp3) is 0.280. The van der Waals surface area contributed by atoms with Gasteiger partial charge in [0.15, 0.2) is 0 Å². The summed E-state index contributed by atoms with van der Waals surface area (Å²) in [6.45, 7) is 5.19. The predicted molar refractivity (Wildman–Crippen MR) is 121 cm³/mol. The van der Waals surface area contributed by atoms with E-state index >= 15 is 0 Å². The quantitative estimate of drug-likeness (QED) is 0.510. The van der Waals surface area contributed by atoms with E-state index < -0.39 is 0 Å². The number of benzene rings is 3. The smallest absolute Gasteiger partial charge is 0.224 e. The van der Waals surface area contributed by atoms with E-state index in [4.69, 9.17) is 4.74 Å². The maximum Gasteiger partial charge on any atom is 0.224 e. The summed E-state index contributed by atoms with van der Waals surface area (Å²) in [5.41, 5.74) is 1.73. The van der Waals surface area contributed by atoms with Gasteiger partial charge in [-0.1, -0.05) is 48.5 Å². The van der Waals surface area contributed by atoms with E-state index in [9.17, 15) is 9.59 Å². The molecule has 0 radical (unpaired) electrons. The Morgan fingerprint density at radius 3 is 2.57 bits per heavy atom. The van der Waals surface area contributed by atoms with E-state index in [0.29, 0.717) is 32.5 Å². The van der Waals surface area contributed by atoms with Gasteiger partial charge < -0.3 is 15.0 Å². The zero-order valence-corrected chi connectivity index (χ0v) is 17.6. The van der Waals surface area contributed by atoms with Gasteiger partial charge in [-0.3, -0.25) is 9.59 Å². The lowest BCUT2D eigenvalue weighted by Gasteiger charge is -2.19. The van der Waals surface area contributed by atoms with Crippen LogP contribution in [0.2, 0.25) is 0 Å². The minimum absolute atomic E-state index is 0.0399. The topological polar surface area (TPSA) is 58.6 Å². The molecule has 0 saturated heterocycles. The Hall–Kier alpha value is -3.34. The lowest BCUT2D eigenvalue weighted by molar-refractivity contribution is -0.129. The Labute approximate surface area is 177 Å². The number of nitrogens with zero attached hydrogens (tertiary/aromatic N) is 1. The third kappa shape index (κ3) is 5.83. The highest BCUT2D eigenvalue weighted by Crippen LogP contribution is 2.25. The zero-order valence-electron chi connectivity index (χ0n) is 17.6. The minimum atomic E-state index is -0.0485. The molecular weight excluding hydrogens is 376 g/mol. The molecular formula is C25H28N2O3. The maximum absolute atomic E-state index is 12.3. The third-order valence-electron chi connectivity index (χ3n) is 4.97. The van der Waals surface area contributed by atoms with E-state index in [2.05, 4.69) is 17.4 Å². The minimum Gasteiger partial charge on any atom is -0.493 e. The molecule has 0 saturated carbocycles. The monoisotopic (exact) mass is 404 g/mol. The average molecular weight is 405 g/mol. The number of carbonyl (C=O) groups is 2. The molecule has 30 heavy (non-hydrogen) atoms. The van der Waals surface area contributed by atoms with Crippen LogP contribution in [0.4, 0.5) is 5.69 Å². The molecule has 0 atom stereocenters. The molecule has 0 aliphatic rings. The van der Waals surface area contributed by atoms with Gasteiger partial charge in [-0.2, -0.15) is 0 Å². The van der Waals surface area contributed by atoms with Crippen molar-refractivity contribution >= 4 is 28.3 Å². The molecule has 0 aliphatic heterocycles. The lowest BCUT2D eigenvalue weighted by atomic mass is 10.1. The Bertz CT molecular complexity index is 1010. The van der Waals surface area contributed by atoms with Gasteiger partial charge in [0.1, 0.15) is 5.75 Å². The first-order valence-corrected chi connectivity index (χ1v) is 10.3. The third-order valence-corrected chi connectivity index (χ3v) is 4.97. The second-order valence-electron chi connectivity index (χ2n) is 7.21. The van der Waals surface area contributed by atoms with Crippen LogP contribution in [0.1, 0.15) is 32.3 Å². The summed E-state index contributed by atoms with van der Waals surface area (Å²) in [4.78, 5) is 25.7. The summed E-state index contributed by atoms with van der Waals surface area (Å²) in [6.07, 6.45) is 1.01. The van der Waals surface area contributed by atoms with Crippen molar-refractivity contribution in [3.63, 3.8) is 0 Å². The molecule has 0 aromatic heterocycles. The van der Waals surface area contributed by atoms with E-state index in [1.807, 2.05) is 61.5 Å². The van der Waals surface area contributed by atoms with E-state index in [1.54, 1.807) is 11.8 Å². The van der Waals surface area contributed by atoms with Crippen molar-refractivity contribution in [2.24, 2.45) is 0 Å². The SMILES string of the molecule is CCN(Cc1cccc(NC(=O)CCCOc2cccc3ccccc23)c1)C(C)=O. The van der Waals surface area contributed by atoms with Crippen LogP contribution in [0.25, 0.3) is 10.8 Å². The molecule has 5 nitrogen and oxygen atoms in total. The van der Waals surface area contributed by atoms with Crippen molar-refractivity contribution in [1.29, 1.82) is 0 Å². The number of carbonyl (C=O) groups excluding carboxylic acids is 2. The van der Waals surface area contributed by atoms with Crippen molar-refractivity contribution in [2.75, 3.05) is 18.5 Å². The van der Waals surface area contributed by atoms with Crippen LogP contribution >= 0.6 is 0 Å². The molecule has 156 valence electrons. The second kappa shape index (κ2) is 10.4. The van der Waals surface area contributed by atoms with Gasteiger partial charge in [0.05, 0.1) is 6.61 Å². The van der Waals surface area contributed by atoms with Crippen LogP contribution in [0, 0.1) is 0 Å². The second-order valence-corrected chi connectivity index (χ2v) is 7.21. The van der Waals surface area contributed by atoms with Crippen molar-refractivity contribution < 1.29 is 14.3 Å². The Morgan fingerprint density at radius 1 is 1.00 bits per heavy atom. The Balaban J connectivity index is 1.48. The van der Waals surface area contributed by atoms with E-state index in [1.165, 1.54) is 0 Å². The summed E-state index contributed by atoms with van der Waals surface area (Å²) in [5, 5.41) is 5.15. The number of rotatable bonds is 9. The summed E-state index contributed by atoms with van der Waals surface area (Å²) >= 11 is 0. The van der Waals surface area contributed by atoms with Crippen LogP contribution < -0.4 is 10.1 Å². The Kier molecular flexibility index (Phi) is 7.44. The highest BCUT2D eigenvalue weighted by atomic mass is 16.5. The molecule has 0 spiro atoms. The molecule has 0 heterocycles. The first kappa shape index (κ1) is 21.4. The first-order valence-electron chi connectivity index (χ1n) is 10.3. The number of ether oxygens (including phenoxy) is 1. The number of fused-ring (bicyclic) bond motifs is 1. The summed E-state index contributed by atoms with van der Waals surface area (Å²) in [7, 11) is 0. The summed E-state index contributed by atoms with van der Waals surface area (Å²) < 4.78 is 5.90. The molecule has 0 bridgehead atoms.